The van der Waals surface area contributed by atoms with Gasteiger partial charge in [-0.25, -0.2) is 0 Å². The molecule has 0 saturated carbocycles. The molecule has 2 aliphatic rings. The molecule has 1 unspecified atom stereocenters. The van der Waals surface area contributed by atoms with Crippen LogP contribution in [-0.4, -0.2) is 58.3 Å². The van der Waals surface area contributed by atoms with Crippen LogP contribution in [0.3, 0.4) is 0 Å². The number of ether oxygens (including phenoxy) is 1. The molecular formula is C14H25NO3S. The Morgan fingerprint density at radius 3 is 2.63 bits per heavy atom. The Morgan fingerprint density at radius 1 is 1.42 bits per heavy atom. The predicted molar refractivity (Wildman–Crippen MR) is 77.7 cm³/mol. The molecule has 5 heteroatoms. The summed E-state index contributed by atoms with van der Waals surface area (Å²) in [6.07, 6.45) is 4.12. The molecule has 1 atom stereocenters. The molecule has 2 saturated heterocycles. The molecule has 110 valence electrons. The summed E-state index contributed by atoms with van der Waals surface area (Å²) in [5.74, 6) is 1.58. The first-order valence-electron chi connectivity index (χ1n) is 7.05. The van der Waals surface area contributed by atoms with Crippen molar-refractivity contribution in [2.24, 2.45) is 0 Å². The third-order valence-corrected chi connectivity index (χ3v) is 5.81. The Bertz CT molecular complexity index is 334. The molecular weight excluding hydrogens is 262 g/mol. The number of rotatable bonds is 3. The van der Waals surface area contributed by atoms with Crippen LogP contribution >= 0.6 is 11.8 Å². The van der Waals surface area contributed by atoms with Crippen molar-refractivity contribution in [1.82, 2.24) is 4.90 Å². The fourth-order valence-electron chi connectivity index (χ4n) is 3.03. The van der Waals surface area contributed by atoms with Gasteiger partial charge >= 0.3 is 5.97 Å². The predicted octanol–water partition coefficient (Wildman–Crippen LogP) is 2.23. The summed E-state index contributed by atoms with van der Waals surface area (Å²) < 4.78 is 6.07. The van der Waals surface area contributed by atoms with E-state index in [0.29, 0.717) is 6.04 Å². The molecule has 2 fully saturated rings. The van der Waals surface area contributed by atoms with Crippen molar-refractivity contribution < 1.29 is 14.6 Å². The van der Waals surface area contributed by atoms with E-state index < -0.39 is 11.5 Å². The van der Waals surface area contributed by atoms with Crippen molar-refractivity contribution in [3.05, 3.63) is 0 Å². The number of carboxylic acids is 1. The van der Waals surface area contributed by atoms with Gasteiger partial charge in [-0.15, -0.1) is 0 Å². The maximum absolute atomic E-state index is 11.4. The molecule has 0 aliphatic carbocycles. The Labute approximate surface area is 119 Å². The SMILES string of the molecule is CN(C1CCOC2(CCSCC2)C1)C(C)(C)C(=O)O. The lowest BCUT2D eigenvalue weighted by atomic mass is 9.83. The quantitative estimate of drug-likeness (QED) is 0.862. The van der Waals surface area contributed by atoms with Gasteiger partial charge in [0.25, 0.3) is 0 Å². The van der Waals surface area contributed by atoms with Crippen molar-refractivity contribution in [2.75, 3.05) is 25.2 Å². The smallest absolute Gasteiger partial charge is 0.323 e. The van der Waals surface area contributed by atoms with Crippen LogP contribution in [0.1, 0.15) is 39.5 Å². The molecule has 0 aromatic carbocycles. The van der Waals surface area contributed by atoms with Crippen LogP contribution in [0.2, 0.25) is 0 Å². The second-order valence-electron chi connectivity index (χ2n) is 6.27. The minimum atomic E-state index is -0.813. The number of aliphatic carboxylic acids is 1. The number of carboxylic acid groups (broad SMARTS) is 1. The third-order valence-electron chi connectivity index (χ3n) is 4.82. The zero-order valence-corrected chi connectivity index (χ0v) is 13.0. The van der Waals surface area contributed by atoms with Crippen molar-refractivity contribution in [3.63, 3.8) is 0 Å². The monoisotopic (exact) mass is 287 g/mol. The van der Waals surface area contributed by atoms with Gasteiger partial charge in [-0.05, 0) is 58.1 Å². The summed E-state index contributed by atoms with van der Waals surface area (Å²) in [7, 11) is 1.94. The number of hydrogen-bond acceptors (Lipinski definition) is 4. The van der Waals surface area contributed by atoms with Gasteiger partial charge in [-0.1, -0.05) is 0 Å². The Hall–Kier alpha value is -0.260. The second-order valence-corrected chi connectivity index (χ2v) is 7.49. The van der Waals surface area contributed by atoms with Crippen LogP contribution in [0.5, 0.6) is 0 Å². The van der Waals surface area contributed by atoms with E-state index >= 15 is 0 Å². The normalized spacial score (nSPS) is 27.7. The molecule has 2 rings (SSSR count). The molecule has 0 radical (unpaired) electrons. The minimum Gasteiger partial charge on any atom is -0.480 e. The van der Waals surface area contributed by atoms with E-state index in [2.05, 4.69) is 0 Å². The maximum atomic E-state index is 11.4. The molecule has 4 nitrogen and oxygen atoms in total. The number of thioether (sulfide) groups is 1. The second kappa shape index (κ2) is 5.62. The lowest BCUT2D eigenvalue weighted by Crippen LogP contribution is -2.57. The van der Waals surface area contributed by atoms with Gasteiger partial charge in [0.15, 0.2) is 0 Å². The molecule has 1 N–H and O–H groups in total. The number of likely N-dealkylation sites (N-methyl/N-ethyl adjacent to an activating group) is 1. The van der Waals surface area contributed by atoms with Gasteiger partial charge < -0.3 is 9.84 Å². The first-order chi connectivity index (χ1) is 8.87. The molecule has 0 bridgehead atoms. The fourth-order valence-corrected chi connectivity index (χ4v) is 4.27. The first-order valence-corrected chi connectivity index (χ1v) is 8.21. The summed E-state index contributed by atoms with van der Waals surface area (Å²) in [5, 5.41) is 9.37. The molecule has 0 aromatic heterocycles. The van der Waals surface area contributed by atoms with Crippen molar-refractivity contribution in [2.45, 2.75) is 56.7 Å². The van der Waals surface area contributed by atoms with Crippen LogP contribution in [-0.2, 0) is 9.53 Å². The summed E-state index contributed by atoms with van der Waals surface area (Å²) in [5.41, 5.74) is -0.802. The van der Waals surface area contributed by atoms with Gasteiger partial charge in [0.05, 0.1) is 5.60 Å². The highest BCUT2D eigenvalue weighted by molar-refractivity contribution is 7.99. The average Bonchev–Trinajstić information content (AvgIpc) is 2.38. The van der Waals surface area contributed by atoms with E-state index in [-0.39, 0.29) is 5.60 Å². The van der Waals surface area contributed by atoms with Crippen molar-refractivity contribution in [1.29, 1.82) is 0 Å². The number of hydrogen-bond donors (Lipinski definition) is 1. The van der Waals surface area contributed by atoms with E-state index in [9.17, 15) is 9.90 Å². The number of nitrogens with zero attached hydrogens (tertiary/aromatic N) is 1. The topological polar surface area (TPSA) is 49.8 Å². The highest BCUT2D eigenvalue weighted by atomic mass is 32.2. The van der Waals surface area contributed by atoms with Crippen molar-refractivity contribution >= 4 is 17.7 Å². The van der Waals surface area contributed by atoms with Gasteiger partial charge in [-0.2, -0.15) is 11.8 Å². The van der Waals surface area contributed by atoms with Crippen LogP contribution in [0.15, 0.2) is 0 Å². The van der Waals surface area contributed by atoms with E-state index in [0.717, 1.165) is 32.3 Å². The highest BCUT2D eigenvalue weighted by Crippen LogP contribution is 2.39. The Morgan fingerprint density at radius 2 is 2.05 bits per heavy atom. The molecule has 0 aromatic rings. The fraction of sp³-hybridized carbons (Fsp3) is 0.929. The Balaban J connectivity index is 2.06. The summed E-state index contributed by atoms with van der Waals surface area (Å²) in [6.45, 7) is 4.33. The van der Waals surface area contributed by atoms with E-state index in [4.69, 9.17) is 4.74 Å². The zero-order valence-electron chi connectivity index (χ0n) is 12.1. The van der Waals surface area contributed by atoms with Gasteiger partial charge in [0, 0.05) is 12.6 Å². The average molecular weight is 287 g/mol. The summed E-state index contributed by atoms with van der Waals surface area (Å²) in [6, 6.07) is 0.308. The van der Waals surface area contributed by atoms with Crippen LogP contribution < -0.4 is 0 Å². The first kappa shape index (κ1) is 15.1. The third kappa shape index (κ3) is 3.09. The molecule has 1 spiro atoms. The maximum Gasteiger partial charge on any atom is 0.323 e. The van der Waals surface area contributed by atoms with E-state index in [1.807, 2.05) is 23.7 Å². The number of carbonyl (C=O) groups is 1. The Kier molecular flexibility index (Phi) is 4.48. The van der Waals surface area contributed by atoms with Crippen LogP contribution in [0.4, 0.5) is 0 Å². The molecule has 19 heavy (non-hydrogen) atoms. The molecule has 2 aliphatic heterocycles. The van der Waals surface area contributed by atoms with E-state index in [1.165, 1.54) is 11.5 Å². The zero-order chi connectivity index (χ0) is 14.1. The molecule has 0 amide bonds. The molecule has 2 heterocycles. The summed E-state index contributed by atoms with van der Waals surface area (Å²) in [4.78, 5) is 13.4. The van der Waals surface area contributed by atoms with Crippen LogP contribution in [0.25, 0.3) is 0 Å². The van der Waals surface area contributed by atoms with Crippen molar-refractivity contribution in [3.8, 4) is 0 Å². The van der Waals surface area contributed by atoms with Gasteiger partial charge in [-0.3, -0.25) is 9.69 Å². The lowest BCUT2D eigenvalue weighted by Gasteiger charge is -2.48. The lowest BCUT2D eigenvalue weighted by molar-refractivity contribution is -0.156. The van der Waals surface area contributed by atoms with E-state index in [1.54, 1.807) is 13.8 Å². The largest absolute Gasteiger partial charge is 0.480 e. The van der Waals surface area contributed by atoms with Gasteiger partial charge in [0.1, 0.15) is 5.54 Å². The highest BCUT2D eigenvalue weighted by Gasteiger charge is 2.44. The summed E-state index contributed by atoms with van der Waals surface area (Å²) >= 11 is 1.99. The van der Waals surface area contributed by atoms with Crippen LogP contribution in [0, 0.1) is 0 Å². The standard InChI is InChI=1S/C14H25NO3S/c1-13(2,12(16)17)15(3)11-4-7-18-14(10-11)5-8-19-9-6-14/h11H,4-10H2,1-3H3,(H,16,17). The minimum absolute atomic E-state index is 0.0109. The van der Waals surface area contributed by atoms with Gasteiger partial charge in [0.2, 0.25) is 0 Å².